The predicted molar refractivity (Wildman–Crippen MR) is 230 cm³/mol. The van der Waals surface area contributed by atoms with Gasteiger partial charge in [-0.25, -0.2) is 0 Å². The van der Waals surface area contributed by atoms with E-state index in [-0.39, 0.29) is 0 Å². The monoisotopic (exact) mass is 970 g/mol. The Kier molecular flexibility index (Phi) is 15.8. The van der Waals surface area contributed by atoms with E-state index in [9.17, 15) is 0 Å². The van der Waals surface area contributed by atoms with Crippen molar-refractivity contribution in [3.63, 3.8) is 0 Å². The van der Waals surface area contributed by atoms with E-state index >= 15 is 0 Å². The van der Waals surface area contributed by atoms with Crippen LogP contribution in [0.1, 0.15) is 33.4 Å². The zero-order valence-electron chi connectivity index (χ0n) is 27.9. The fourth-order valence-electron chi connectivity index (χ4n) is 5.32. The fraction of sp³-hybridized carbons (Fsp3) is 0.143. The molecule has 0 atom stereocenters. The van der Waals surface area contributed by atoms with Gasteiger partial charge in [-0.3, -0.25) is 0 Å². The van der Waals surface area contributed by atoms with Crippen LogP contribution in [-0.4, -0.2) is 0 Å². The van der Waals surface area contributed by atoms with Gasteiger partial charge in [0.25, 0.3) is 0 Å². The average molecular weight is 971 g/mol. The van der Waals surface area contributed by atoms with Crippen molar-refractivity contribution < 1.29 is 10.8 Å². The molecule has 0 N–H and O–H groups in total. The first-order valence-corrected chi connectivity index (χ1v) is 27.9. The van der Waals surface area contributed by atoms with E-state index in [1.54, 1.807) is 0 Å². The first kappa shape index (κ1) is 38.1. The van der Waals surface area contributed by atoms with Gasteiger partial charge >= 0.3 is 49.8 Å². The molecular formula is C42H44I2P2Pd+2. The van der Waals surface area contributed by atoms with Gasteiger partial charge in [-0.15, -0.1) is 0 Å². The summed E-state index contributed by atoms with van der Waals surface area (Å²) in [7, 11) is -0.964. The molecule has 0 fully saturated rings. The van der Waals surface area contributed by atoms with Crippen LogP contribution < -0.4 is 31.8 Å². The van der Waals surface area contributed by atoms with E-state index in [2.05, 4.69) is 226 Å². The van der Waals surface area contributed by atoms with Crippen LogP contribution in [0.5, 0.6) is 0 Å². The summed E-state index contributed by atoms with van der Waals surface area (Å²) < 4.78 is 0. The summed E-state index contributed by atoms with van der Waals surface area (Å²) in [6.45, 7) is 12.9. The Hall–Kier alpha value is -1.70. The molecule has 5 heteroatoms. The molecule has 0 bridgehead atoms. The van der Waals surface area contributed by atoms with Crippen molar-refractivity contribution in [2.75, 3.05) is 0 Å². The van der Waals surface area contributed by atoms with Gasteiger partial charge in [0.05, 0.1) is 15.8 Å². The van der Waals surface area contributed by atoms with E-state index in [1.807, 2.05) is 0 Å². The summed E-state index contributed by atoms with van der Waals surface area (Å²) in [6, 6.07) is 54.2. The summed E-state index contributed by atoms with van der Waals surface area (Å²) >= 11 is 4.65. The number of rotatable bonds is 6. The van der Waals surface area contributed by atoms with Crippen molar-refractivity contribution in [3.05, 3.63) is 179 Å². The second kappa shape index (κ2) is 19.5. The molecule has 0 aliphatic rings. The maximum atomic E-state index is 2.33. The number of benzene rings is 6. The van der Waals surface area contributed by atoms with E-state index in [0.717, 1.165) is 10.8 Å². The van der Waals surface area contributed by atoms with Crippen molar-refractivity contribution in [2.45, 2.75) is 41.5 Å². The quantitative estimate of drug-likeness (QED) is 0.0887. The van der Waals surface area contributed by atoms with Crippen LogP contribution in [0.25, 0.3) is 0 Å². The molecule has 0 unspecified atom stereocenters. The summed E-state index contributed by atoms with van der Waals surface area (Å²) in [5.41, 5.74) is 7.91. The normalized spacial score (nSPS) is 10.7. The van der Waals surface area contributed by atoms with Gasteiger partial charge in [0.15, 0.2) is 0 Å². The zero-order chi connectivity index (χ0) is 33.8. The molecule has 0 radical (unpaired) electrons. The van der Waals surface area contributed by atoms with Gasteiger partial charge in [-0.1, -0.05) is 106 Å². The first-order chi connectivity index (χ1) is 22.7. The average Bonchev–Trinajstić information content (AvgIpc) is 3.07. The fourth-order valence-corrected chi connectivity index (χ4v) is 10.3. The van der Waals surface area contributed by atoms with Crippen LogP contribution >= 0.6 is 54.9 Å². The van der Waals surface area contributed by atoms with Crippen molar-refractivity contribution in [2.24, 2.45) is 0 Å². The third-order valence-corrected chi connectivity index (χ3v) is 13.5. The zero-order valence-corrected chi connectivity index (χ0v) is 35.8. The van der Waals surface area contributed by atoms with Gasteiger partial charge in [-0.05, 0) is 114 Å². The Morgan fingerprint density at radius 3 is 0.489 bits per heavy atom. The van der Waals surface area contributed by atoms with Gasteiger partial charge in [-0.2, -0.15) is 0 Å². The van der Waals surface area contributed by atoms with E-state index in [0.29, 0.717) is 0 Å². The van der Waals surface area contributed by atoms with Crippen LogP contribution in [0, 0.1) is 41.5 Å². The van der Waals surface area contributed by atoms with E-state index in [4.69, 9.17) is 0 Å². The van der Waals surface area contributed by atoms with Crippen molar-refractivity contribution in [3.8, 4) is 0 Å². The predicted octanol–water partition coefficient (Wildman–Crippen LogP) is 9.97. The van der Waals surface area contributed by atoms with E-state index in [1.165, 1.54) is 65.2 Å². The number of halogens is 2. The molecule has 0 aliphatic carbocycles. The molecule has 0 heterocycles. The summed E-state index contributed by atoms with van der Waals surface area (Å²) in [6.07, 6.45) is 0. The first-order valence-electron chi connectivity index (χ1n) is 15.7. The second-order valence-corrected chi connectivity index (χ2v) is 28.9. The molecule has 47 heavy (non-hydrogen) atoms. The molecule has 0 spiro atoms. The topological polar surface area (TPSA) is 0 Å². The van der Waals surface area contributed by atoms with Crippen LogP contribution in [0.4, 0.5) is 0 Å². The van der Waals surface area contributed by atoms with Gasteiger partial charge < -0.3 is 0 Å². The third-order valence-electron chi connectivity index (χ3n) is 8.04. The summed E-state index contributed by atoms with van der Waals surface area (Å²) in [4.78, 5) is 0. The minimum absolute atomic E-state index is 0.890. The maximum absolute atomic E-state index is 2.33. The Morgan fingerprint density at radius 1 is 0.277 bits per heavy atom. The van der Waals surface area contributed by atoms with Crippen molar-refractivity contribution in [1.82, 2.24) is 0 Å². The van der Waals surface area contributed by atoms with Crippen LogP contribution in [0.3, 0.4) is 0 Å². The molecule has 0 aliphatic heterocycles. The molecule has 6 aromatic rings. The summed E-state index contributed by atoms with van der Waals surface area (Å²) in [5, 5.41) is 8.69. The molecule has 0 saturated carbocycles. The standard InChI is InChI=1S/2C21H21P.2HI.Pd/c2*1-16-4-10-19(11-5-16)22(20-12-6-17(2)7-13-20)21-14-8-18(3)9-15-21;;;/h2*4-15H,1-3H3;2*1H;/q;;;;+2. The molecule has 0 nitrogen and oxygen atoms in total. The molecular weight excluding hydrogens is 927 g/mol. The molecule has 0 amide bonds. The molecule has 0 aromatic heterocycles. The summed E-state index contributed by atoms with van der Waals surface area (Å²) in [5.74, 6) is 0. The van der Waals surface area contributed by atoms with Crippen LogP contribution in [0.15, 0.2) is 146 Å². The van der Waals surface area contributed by atoms with Crippen LogP contribution in [-0.2, 0) is 10.8 Å². The Bertz CT molecular complexity index is 1430. The second-order valence-electron chi connectivity index (χ2n) is 12.0. The van der Waals surface area contributed by atoms with Crippen LogP contribution in [0.2, 0.25) is 0 Å². The Balaban J connectivity index is 0.000000197. The molecule has 6 aromatic carbocycles. The molecule has 0 saturated heterocycles. The number of aryl methyl sites for hydroxylation is 6. The molecule has 244 valence electrons. The Morgan fingerprint density at radius 2 is 0.383 bits per heavy atom. The number of hydrogen-bond donors (Lipinski definition) is 0. The Labute approximate surface area is 314 Å². The minimum atomic E-state index is -0.927. The number of hydrogen-bond acceptors (Lipinski definition) is 0. The van der Waals surface area contributed by atoms with Crippen molar-refractivity contribution in [1.29, 1.82) is 0 Å². The SMILES string of the molecule is Cc1ccc([PH+](c2ccc(C)cc2)c2ccc(C)cc2)cc1.Cc1ccc([PH+](c2ccc(C)cc2)c2ccc(C)cc2)cc1.[I][Pd][I]. The van der Waals surface area contributed by atoms with E-state index < -0.39 is 15.8 Å². The van der Waals surface area contributed by atoms with Gasteiger partial charge in [0, 0.05) is 0 Å². The van der Waals surface area contributed by atoms with Gasteiger partial charge in [0.1, 0.15) is 31.8 Å². The van der Waals surface area contributed by atoms with Crippen molar-refractivity contribution >= 4 is 86.7 Å². The van der Waals surface area contributed by atoms with Gasteiger partial charge in [0.2, 0.25) is 0 Å². The third kappa shape index (κ3) is 11.7. The molecule has 6 rings (SSSR count).